The Bertz CT molecular complexity index is 1890. The van der Waals surface area contributed by atoms with Crippen LogP contribution in [0.3, 0.4) is 0 Å². The fourth-order valence-corrected chi connectivity index (χ4v) is 10.2. The van der Waals surface area contributed by atoms with Crippen LogP contribution >= 0.6 is 51.5 Å². The minimum atomic E-state index is 0. The molecule has 6 aliphatic heterocycles. The minimum Gasteiger partial charge on any atom is -0.486 e. The van der Waals surface area contributed by atoms with Gasteiger partial charge in [-0.15, -0.1) is 12.4 Å². The molecule has 0 radical (unpaired) electrons. The Morgan fingerprint density at radius 2 is 1.02 bits per heavy atom. The Labute approximate surface area is 369 Å². The van der Waals surface area contributed by atoms with Crippen LogP contribution in [0.2, 0.25) is 10.0 Å². The Balaban J connectivity index is 0.000000145. The van der Waals surface area contributed by atoms with E-state index in [0.29, 0.717) is 24.3 Å². The number of likely N-dealkylation sites (tertiary alicyclic amines) is 1. The maximum absolute atomic E-state index is 6.16. The van der Waals surface area contributed by atoms with Gasteiger partial charge in [-0.25, -0.2) is 0 Å². The molecule has 4 aromatic carbocycles. The van der Waals surface area contributed by atoms with Crippen LogP contribution in [-0.4, -0.2) is 92.5 Å². The lowest BCUT2D eigenvalue weighted by molar-refractivity contribution is 0.0450. The van der Waals surface area contributed by atoms with E-state index in [0.717, 1.165) is 77.6 Å². The first-order valence-electron chi connectivity index (χ1n) is 20.7. The molecule has 12 heteroatoms. The van der Waals surface area contributed by atoms with Gasteiger partial charge < -0.3 is 34.1 Å². The van der Waals surface area contributed by atoms with Crippen LogP contribution in [0, 0.1) is 0 Å². The molecule has 2 atom stereocenters. The second-order valence-corrected chi connectivity index (χ2v) is 17.6. The smallest absolute Gasteiger partial charge is 0.161 e. The predicted molar refractivity (Wildman–Crippen MR) is 243 cm³/mol. The molecule has 58 heavy (non-hydrogen) atoms. The van der Waals surface area contributed by atoms with Gasteiger partial charge in [0.15, 0.2) is 23.0 Å². The Hall–Kier alpha value is -3.05. The standard InChI is InChI=1S/C23H27ClN2O2.C14H19ClN2.C9H9BrO2.ClH/c24-18-6-8-19(9-7-18)26-13-3-10-23(26)11-14-25(15-12-23)16-20-17-27-21-4-1-2-5-22(21)28-20;15-12-2-4-13(5-3-12)17-11-1-6-14(17)7-9-16-10-8-14;10-5-7-6-11-8-3-1-2-4-9(8)12-7;/h1-2,4-9,20H,3,10-17H2;2-5,16H,1,6-11H2;1-4,7H,5-6H2;1H. The number of fused-ring (bicyclic) bond motifs is 2. The molecular weight excluding hydrogens is 859 g/mol. The van der Waals surface area contributed by atoms with Crippen molar-refractivity contribution in [1.29, 1.82) is 0 Å². The molecule has 2 spiro atoms. The number of ether oxygens (including phenoxy) is 4. The Kier molecular flexibility index (Phi) is 14.9. The van der Waals surface area contributed by atoms with E-state index in [1.807, 2.05) is 72.8 Å². The molecule has 0 aliphatic carbocycles. The first-order valence-corrected chi connectivity index (χ1v) is 22.6. The highest BCUT2D eigenvalue weighted by Gasteiger charge is 2.44. The molecule has 4 fully saturated rings. The van der Waals surface area contributed by atoms with Gasteiger partial charge in [-0.2, -0.15) is 0 Å². The summed E-state index contributed by atoms with van der Waals surface area (Å²) in [5, 5.41) is 5.91. The van der Waals surface area contributed by atoms with Gasteiger partial charge in [-0.1, -0.05) is 63.4 Å². The lowest BCUT2D eigenvalue weighted by Crippen LogP contribution is -2.54. The zero-order valence-electron chi connectivity index (χ0n) is 33.1. The summed E-state index contributed by atoms with van der Waals surface area (Å²) in [5.41, 5.74) is 3.38. The molecule has 0 amide bonds. The highest BCUT2D eigenvalue weighted by Crippen LogP contribution is 2.43. The normalized spacial score (nSPS) is 22.6. The van der Waals surface area contributed by atoms with Crippen molar-refractivity contribution in [2.45, 2.75) is 74.7 Å². The average molecular weight is 915 g/mol. The van der Waals surface area contributed by atoms with E-state index >= 15 is 0 Å². The molecule has 6 aliphatic rings. The van der Waals surface area contributed by atoms with Gasteiger partial charge in [0.25, 0.3) is 0 Å². The lowest BCUT2D eigenvalue weighted by atomic mass is 9.84. The summed E-state index contributed by atoms with van der Waals surface area (Å²) in [5.74, 6) is 3.42. The molecule has 10 rings (SSSR count). The summed E-state index contributed by atoms with van der Waals surface area (Å²) >= 11 is 15.4. The number of alkyl halides is 1. The quantitative estimate of drug-likeness (QED) is 0.199. The van der Waals surface area contributed by atoms with E-state index in [4.69, 9.17) is 42.1 Å². The molecule has 8 nitrogen and oxygen atoms in total. The van der Waals surface area contributed by atoms with Gasteiger partial charge in [0.1, 0.15) is 25.4 Å². The molecule has 2 unspecified atom stereocenters. The number of nitrogens with zero attached hydrogens (tertiary/aromatic N) is 3. The third kappa shape index (κ3) is 10.1. The Morgan fingerprint density at radius 1 is 0.569 bits per heavy atom. The predicted octanol–water partition coefficient (Wildman–Crippen LogP) is 10.3. The summed E-state index contributed by atoms with van der Waals surface area (Å²) in [7, 11) is 0. The first kappa shape index (κ1) is 43.1. The van der Waals surface area contributed by atoms with Crippen molar-refractivity contribution in [1.82, 2.24) is 10.2 Å². The number of benzene rings is 4. The molecule has 0 saturated carbocycles. The number of piperidine rings is 2. The second kappa shape index (κ2) is 20.0. The van der Waals surface area contributed by atoms with Crippen molar-refractivity contribution in [2.75, 3.05) is 74.2 Å². The highest BCUT2D eigenvalue weighted by molar-refractivity contribution is 9.09. The van der Waals surface area contributed by atoms with Gasteiger partial charge in [0, 0.05) is 70.6 Å². The average Bonchev–Trinajstić information content (AvgIpc) is 3.86. The molecular formula is C46H56BrCl3N4O4. The van der Waals surface area contributed by atoms with Gasteiger partial charge >= 0.3 is 0 Å². The van der Waals surface area contributed by atoms with Crippen LogP contribution in [0.25, 0.3) is 0 Å². The highest BCUT2D eigenvalue weighted by atomic mass is 79.9. The maximum atomic E-state index is 6.16. The monoisotopic (exact) mass is 912 g/mol. The zero-order chi connectivity index (χ0) is 39.1. The van der Waals surface area contributed by atoms with Crippen LogP contribution in [0.4, 0.5) is 11.4 Å². The van der Waals surface area contributed by atoms with Gasteiger partial charge in [-0.3, -0.25) is 4.90 Å². The maximum Gasteiger partial charge on any atom is 0.161 e. The van der Waals surface area contributed by atoms with Crippen LogP contribution in [-0.2, 0) is 0 Å². The van der Waals surface area contributed by atoms with E-state index in [1.54, 1.807) is 0 Å². The number of halogens is 4. The minimum absolute atomic E-state index is 0. The summed E-state index contributed by atoms with van der Waals surface area (Å²) in [6, 6.07) is 32.4. The van der Waals surface area contributed by atoms with Crippen molar-refractivity contribution in [3.63, 3.8) is 0 Å². The third-order valence-corrected chi connectivity index (χ3v) is 13.8. The SMILES string of the molecule is BrCC1COc2ccccc2O1.Cl.Clc1ccc(N2CCCC23CCN(CC2COc4ccccc4O2)CC3)cc1.Clc1ccc(N2CCCC23CCNCC3)cc1. The zero-order valence-corrected chi connectivity index (χ0v) is 37.1. The lowest BCUT2D eigenvalue weighted by Gasteiger charge is -2.46. The van der Waals surface area contributed by atoms with Crippen molar-refractivity contribution < 1.29 is 18.9 Å². The number of hydrogen-bond donors (Lipinski definition) is 1. The molecule has 1 N–H and O–H groups in total. The van der Waals surface area contributed by atoms with Crippen LogP contribution in [0.1, 0.15) is 51.4 Å². The van der Waals surface area contributed by atoms with Crippen molar-refractivity contribution in [2.24, 2.45) is 0 Å². The Morgan fingerprint density at radius 3 is 1.52 bits per heavy atom. The fraction of sp³-hybridized carbons (Fsp3) is 0.478. The summed E-state index contributed by atoms with van der Waals surface area (Å²) in [6.07, 6.45) is 10.4. The second-order valence-electron chi connectivity index (χ2n) is 16.1. The van der Waals surface area contributed by atoms with Crippen LogP contribution in [0.5, 0.6) is 23.0 Å². The van der Waals surface area contributed by atoms with E-state index in [-0.39, 0.29) is 24.6 Å². The van der Waals surface area contributed by atoms with Crippen LogP contribution < -0.4 is 34.1 Å². The van der Waals surface area contributed by atoms with Crippen molar-refractivity contribution in [3.05, 3.63) is 107 Å². The van der Waals surface area contributed by atoms with Gasteiger partial charge in [-0.05, 0) is 137 Å². The van der Waals surface area contributed by atoms with Gasteiger partial charge in [0.2, 0.25) is 0 Å². The number of para-hydroxylation sites is 4. The molecule has 6 heterocycles. The molecule has 312 valence electrons. The van der Waals surface area contributed by atoms with E-state index in [1.165, 1.54) is 69.3 Å². The summed E-state index contributed by atoms with van der Waals surface area (Å²) in [4.78, 5) is 7.80. The molecule has 4 aromatic rings. The number of hydrogen-bond acceptors (Lipinski definition) is 8. The van der Waals surface area contributed by atoms with E-state index in [9.17, 15) is 0 Å². The largest absolute Gasteiger partial charge is 0.486 e. The third-order valence-electron chi connectivity index (χ3n) is 12.6. The fourth-order valence-electron chi connectivity index (χ4n) is 9.59. The van der Waals surface area contributed by atoms with E-state index in [2.05, 4.69) is 60.2 Å². The number of nitrogens with one attached hydrogen (secondary N) is 1. The topological polar surface area (TPSA) is 58.7 Å². The van der Waals surface area contributed by atoms with Crippen molar-refractivity contribution in [3.8, 4) is 23.0 Å². The number of anilines is 2. The van der Waals surface area contributed by atoms with Crippen LogP contribution in [0.15, 0.2) is 97.1 Å². The molecule has 4 saturated heterocycles. The van der Waals surface area contributed by atoms with Crippen molar-refractivity contribution >= 4 is 62.9 Å². The summed E-state index contributed by atoms with van der Waals surface area (Å²) < 4.78 is 23.1. The molecule has 0 aromatic heterocycles. The number of rotatable bonds is 5. The van der Waals surface area contributed by atoms with Gasteiger partial charge in [0.05, 0.1) is 0 Å². The summed E-state index contributed by atoms with van der Waals surface area (Å²) in [6.45, 7) is 9.09. The van der Waals surface area contributed by atoms with E-state index < -0.39 is 0 Å². The first-order chi connectivity index (χ1) is 27.9. The molecule has 0 bridgehead atoms.